The number of amides is 5. The number of guanidine groups is 1. The van der Waals surface area contributed by atoms with Crippen LogP contribution in [0.15, 0.2) is 29.3 Å². The van der Waals surface area contributed by atoms with Crippen LogP contribution in [0.4, 0.5) is 0 Å². The molecule has 0 unspecified atom stereocenters. The number of rotatable bonds is 20. The van der Waals surface area contributed by atoms with E-state index in [9.17, 15) is 48.9 Å². The summed E-state index contributed by atoms with van der Waals surface area (Å²) in [6.07, 6.45) is -1.17. The zero-order chi connectivity index (χ0) is 34.1. The molecular weight excluding hydrogens is 598 g/mol. The molecule has 1 aromatic carbocycles. The number of hydrogen-bond acceptors (Lipinski definition) is 10. The summed E-state index contributed by atoms with van der Waals surface area (Å²) in [6, 6.07) is -0.128. The summed E-state index contributed by atoms with van der Waals surface area (Å²) in [5, 5.41) is 37.2. The summed E-state index contributed by atoms with van der Waals surface area (Å²) in [7, 11) is 0. The molecule has 1 aromatic rings. The first-order chi connectivity index (χ1) is 21.1. The molecule has 0 fully saturated rings. The Labute approximate surface area is 257 Å². The van der Waals surface area contributed by atoms with Crippen molar-refractivity contribution in [3.05, 3.63) is 29.8 Å². The van der Waals surface area contributed by atoms with E-state index >= 15 is 0 Å². The average molecular weight is 638 g/mol. The number of nitrogens with two attached hydrogens (primary N) is 4. The summed E-state index contributed by atoms with van der Waals surface area (Å²) in [4.78, 5) is 88.6. The lowest BCUT2D eigenvalue weighted by Crippen LogP contribution is -2.55. The number of phenols is 1. The lowest BCUT2D eigenvalue weighted by Gasteiger charge is -2.22. The number of carboxylic acid groups (broad SMARTS) is 2. The fourth-order valence-corrected chi connectivity index (χ4v) is 3.74. The Morgan fingerprint density at radius 3 is 1.98 bits per heavy atom. The largest absolute Gasteiger partial charge is 0.508 e. The van der Waals surface area contributed by atoms with Crippen LogP contribution in [0, 0.1) is 0 Å². The van der Waals surface area contributed by atoms with Crippen molar-refractivity contribution in [1.82, 2.24) is 21.3 Å². The third kappa shape index (κ3) is 15.5. The van der Waals surface area contributed by atoms with Gasteiger partial charge in [-0.2, -0.15) is 0 Å². The highest BCUT2D eigenvalue weighted by Gasteiger charge is 2.29. The molecule has 4 atom stereocenters. The highest BCUT2D eigenvalue weighted by Crippen LogP contribution is 2.12. The maximum absolute atomic E-state index is 12.9. The molecule has 0 saturated carbocycles. The van der Waals surface area contributed by atoms with E-state index in [2.05, 4.69) is 26.3 Å². The second-order valence-corrected chi connectivity index (χ2v) is 9.83. The van der Waals surface area contributed by atoms with Gasteiger partial charge in [0.15, 0.2) is 5.96 Å². The van der Waals surface area contributed by atoms with Crippen LogP contribution in [0.2, 0.25) is 0 Å². The number of benzene rings is 1. The SMILES string of the molecule is NC(=O)CC[C@H](N)C(=O)N[C@@H](CCCN=C(N)N)C(=O)NCC(=O)N[C@@H](CC(=O)O)C(=O)N[C@@H](Cc1ccc(O)cc1)C(=O)O. The van der Waals surface area contributed by atoms with E-state index in [0.29, 0.717) is 5.56 Å². The maximum Gasteiger partial charge on any atom is 0.326 e. The topological polar surface area (TPSA) is 345 Å². The van der Waals surface area contributed by atoms with Crippen LogP contribution in [0.1, 0.15) is 37.7 Å². The van der Waals surface area contributed by atoms with Crippen molar-refractivity contribution in [2.45, 2.75) is 62.7 Å². The Morgan fingerprint density at radius 1 is 0.800 bits per heavy atom. The lowest BCUT2D eigenvalue weighted by atomic mass is 10.0. The zero-order valence-electron chi connectivity index (χ0n) is 24.2. The van der Waals surface area contributed by atoms with Crippen molar-refractivity contribution in [2.75, 3.05) is 13.1 Å². The van der Waals surface area contributed by atoms with Crippen molar-refractivity contribution >= 4 is 47.4 Å². The molecule has 0 radical (unpaired) electrons. The van der Waals surface area contributed by atoms with Gasteiger partial charge in [-0.15, -0.1) is 0 Å². The van der Waals surface area contributed by atoms with Crippen LogP contribution in [0.5, 0.6) is 5.75 Å². The first-order valence-corrected chi connectivity index (χ1v) is 13.6. The van der Waals surface area contributed by atoms with Crippen molar-refractivity contribution in [2.24, 2.45) is 27.9 Å². The highest BCUT2D eigenvalue weighted by atomic mass is 16.4. The molecule has 15 N–H and O–H groups in total. The van der Waals surface area contributed by atoms with Gasteiger partial charge in [0.25, 0.3) is 0 Å². The molecule has 5 amide bonds. The number of carbonyl (C=O) groups is 7. The third-order valence-corrected chi connectivity index (χ3v) is 6.06. The number of carboxylic acids is 2. The maximum atomic E-state index is 12.9. The smallest absolute Gasteiger partial charge is 0.326 e. The number of aliphatic carboxylic acids is 2. The van der Waals surface area contributed by atoms with Gasteiger partial charge in [0.05, 0.1) is 19.0 Å². The van der Waals surface area contributed by atoms with Gasteiger partial charge >= 0.3 is 11.9 Å². The standard InChI is InChI=1S/C26H39N9O10/c27-15(7-8-19(28)37)22(41)34-16(2-1-9-31-26(29)30)23(42)32-12-20(38)33-17(11-21(39)40)24(43)35-18(25(44)45)10-13-3-5-14(36)6-4-13/h3-6,15-18,36H,1-2,7-12,27H2,(H2,28,37)(H,32,42)(H,33,38)(H,34,41)(H,35,43)(H,39,40)(H,44,45)(H4,29,30,31)/t15-,16-,17-,18-/m0/s1. The molecule has 0 spiro atoms. The molecule has 0 aliphatic rings. The molecule has 0 aliphatic heterocycles. The zero-order valence-corrected chi connectivity index (χ0v) is 24.2. The number of hydrogen-bond donors (Lipinski definition) is 11. The summed E-state index contributed by atoms with van der Waals surface area (Å²) >= 11 is 0. The fourth-order valence-electron chi connectivity index (χ4n) is 3.74. The van der Waals surface area contributed by atoms with Crippen LogP contribution < -0.4 is 44.2 Å². The molecule has 45 heavy (non-hydrogen) atoms. The Hall–Kier alpha value is -5.46. The van der Waals surface area contributed by atoms with Gasteiger partial charge in [-0.1, -0.05) is 12.1 Å². The second-order valence-electron chi connectivity index (χ2n) is 9.83. The average Bonchev–Trinajstić information content (AvgIpc) is 2.95. The summed E-state index contributed by atoms with van der Waals surface area (Å²) in [5.41, 5.74) is 21.8. The normalized spacial score (nSPS) is 13.2. The third-order valence-electron chi connectivity index (χ3n) is 6.06. The Balaban J connectivity index is 2.89. The van der Waals surface area contributed by atoms with Crippen LogP contribution in [-0.4, -0.2) is 100 Å². The Morgan fingerprint density at radius 2 is 1.42 bits per heavy atom. The van der Waals surface area contributed by atoms with Crippen molar-refractivity contribution < 1.29 is 48.9 Å². The van der Waals surface area contributed by atoms with Crippen LogP contribution >= 0.6 is 0 Å². The number of nitrogens with zero attached hydrogens (tertiary/aromatic N) is 1. The molecule has 0 aliphatic carbocycles. The second kappa shape index (κ2) is 18.9. The molecule has 0 saturated heterocycles. The number of aromatic hydroxyl groups is 1. The van der Waals surface area contributed by atoms with Crippen molar-refractivity contribution in [3.63, 3.8) is 0 Å². The minimum atomic E-state index is -1.72. The Bertz CT molecular complexity index is 1250. The van der Waals surface area contributed by atoms with Crippen molar-refractivity contribution in [3.8, 4) is 5.75 Å². The molecule has 0 bridgehead atoms. The fraction of sp³-hybridized carbons (Fsp3) is 0.462. The first kappa shape index (κ1) is 37.6. The molecular formula is C26H39N9O10. The van der Waals surface area contributed by atoms with Gasteiger partial charge < -0.3 is 59.5 Å². The van der Waals surface area contributed by atoms with E-state index in [1.165, 1.54) is 24.3 Å². The van der Waals surface area contributed by atoms with Crippen LogP contribution in [0.25, 0.3) is 0 Å². The van der Waals surface area contributed by atoms with Crippen LogP contribution in [-0.2, 0) is 40.0 Å². The number of primary amides is 1. The van der Waals surface area contributed by atoms with E-state index < -0.39 is 78.6 Å². The summed E-state index contributed by atoms with van der Waals surface area (Å²) in [5.74, 6) is -7.59. The van der Waals surface area contributed by atoms with E-state index in [1.54, 1.807) is 0 Å². The molecule has 1 rings (SSSR count). The van der Waals surface area contributed by atoms with E-state index in [0.717, 1.165) is 0 Å². The van der Waals surface area contributed by atoms with Gasteiger partial charge in [0.1, 0.15) is 23.9 Å². The minimum absolute atomic E-state index is 0.000164. The van der Waals surface area contributed by atoms with Gasteiger partial charge in [-0.05, 0) is 37.0 Å². The van der Waals surface area contributed by atoms with Gasteiger partial charge in [0, 0.05) is 19.4 Å². The van der Waals surface area contributed by atoms with E-state index in [1.807, 2.05) is 0 Å². The highest BCUT2D eigenvalue weighted by molar-refractivity contribution is 5.95. The molecule has 19 heteroatoms. The Kier molecular flexibility index (Phi) is 15.8. The molecule has 248 valence electrons. The number of carbonyl (C=O) groups excluding carboxylic acids is 5. The first-order valence-electron chi connectivity index (χ1n) is 13.6. The predicted molar refractivity (Wildman–Crippen MR) is 157 cm³/mol. The number of phenolic OH excluding ortho intramolecular Hbond substituents is 1. The number of nitrogens with one attached hydrogen (secondary N) is 4. The van der Waals surface area contributed by atoms with Gasteiger partial charge in [-0.25, -0.2) is 4.79 Å². The lowest BCUT2D eigenvalue weighted by molar-refractivity contribution is -0.143. The van der Waals surface area contributed by atoms with Crippen molar-refractivity contribution in [1.29, 1.82) is 0 Å². The number of aliphatic imine (C=N–C) groups is 1. The summed E-state index contributed by atoms with van der Waals surface area (Å²) < 4.78 is 0. The van der Waals surface area contributed by atoms with Gasteiger partial charge in [-0.3, -0.25) is 33.8 Å². The summed E-state index contributed by atoms with van der Waals surface area (Å²) in [6.45, 7) is -0.654. The molecule has 0 heterocycles. The van der Waals surface area contributed by atoms with E-state index in [4.69, 9.17) is 22.9 Å². The van der Waals surface area contributed by atoms with Crippen LogP contribution in [0.3, 0.4) is 0 Å². The molecule has 19 nitrogen and oxygen atoms in total. The van der Waals surface area contributed by atoms with Gasteiger partial charge in [0.2, 0.25) is 29.5 Å². The molecule has 0 aromatic heterocycles. The minimum Gasteiger partial charge on any atom is -0.508 e. The monoisotopic (exact) mass is 637 g/mol. The quantitative estimate of drug-likeness (QED) is 0.0367. The van der Waals surface area contributed by atoms with E-state index in [-0.39, 0.29) is 50.4 Å². The predicted octanol–water partition coefficient (Wildman–Crippen LogP) is -4.29.